The summed E-state index contributed by atoms with van der Waals surface area (Å²) in [5.74, 6) is -0.929. The van der Waals surface area contributed by atoms with Crippen LogP contribution < -0.4 is 0 Å². The van der Waals surface area contributed by atoms with Gasteiger partial charge in [0.25, 0.3) is 0 Å². The molecule has 0 amide bonds. The van der Waals surface area contributed by atoms with E-state index < -0.39 is 6.10 Å². The highest BCUT2D eigenvalue weighted by Crippen LogP contribution is 2.14. The average Bonchev–Trinajstić information content (AvgIpc) is 3.29. The molecule has 0 saturated carbocycles. The van der Waals surface area contributed by atoms with Crippen LogP contribution in [-0.4, -0.2) is 37.2 Å². The second-order valence-corrected chi connectivity index (χ2v) is 17.8. The number of hydrogen-bond donors (Lipinski definition) is 0. The van der Waals surface area contributed by atoms with Crippen molar-refractivity contribution in [1.82, 2.24) is 0 Å². The molecule has 1 unspecified atom stereocenters. The smallest absolute Gasteiger partial charge is 0.306 e. The molecule has 0 radical (unpaired) electrons. The monoisotopic (exact) mass is 893 g/mol. The minimum absolute atomic E-state index is 0.0899. The van der Waals surface area contributed by atoms with E-state index in [2.05, 4.69) is 93.7 Å². The summed E-state index contributed by atoms with van der Waals surface area (Å²) in [6.45, 7) is 6.45. The van der Waals surface area contributed by atoms with Gasteiger partial charge in [-0.2, -0.15) is 0 Å². The Balaban J connectivity index is 4.37. The maximum absolute atomic E-state index is 12.8. The fraction of sp³-hybridized carbons (Fsp3) is 0.741. The molecule has 0 bridgehead atoms. The Morgan fingerprint density at radius 3 is 1.12 bits per heavy atom. The van der Waals surface area contributed by atoms with Gasteiger partial charge in [0.2, 0.25) is 0 Å². The van der Waals surface area contributed by atoms with E-state index in [-0.39, 0.29) is 31.1 Å². The molecule has 0 aromatic carbocycles. The lowest BCUT2D eigenvalue weighted by Gasteiger charge is -2.18. The Hall–Kier alpha value is -3.15. The van der Waals surface area contributed by atoms with Gasteiger partial charge in [-0.3, -0.25) is 14.4 Å². The van der Waals surface area contributed by atoms with Gasteiger partial charge in [-0.05, 0) is 96.3 Å². The van der Waals surface area contributed by atoms with Crippen LogP contribution in [0.15, 0.2) is 72.9 Å². The average molecular weight is 893 g/mol. The predicted molar refractivity (Wildman–Crippen MR) is 274 cm³/mol. The first-order chi connectivity index (χ1) is 31.5. The van der Waals surface area contributed by atoms with E-state index in [0.717, 1.165) is 103 Å². The Bertz CT molecular complexity index is 1210. The fourth-order valence-electron chi connectivity index (χ4n) is 7.37. The zero-order valence-electron chi connectivity index (χ0n) is 42.0. The van der Waals surface area contributed by atoms with Crippen LogP contribution in [0, 0.1) is 0 Å². The predicted octanol–water partition coefficient (Wildman–Crippen LogP) is 17.8. The third kappa shape index (κ3) is 49.9. The van der Waals surface area contributed by atoms with Crippen molar-refractivity contribution >= 4 is 17.9 Å². The van der Waals surface area contributed by atoms with Gasteiger partial charge in [0.15, 0.2) is 6.10 Å². The normalized spacial score (nSPS) is 12.6. The van der Waals surface area contributed by atoms with Crippen molar-refractivity contribution < 1.29 is 28.6 Å². The van der Waals surface area contributed by atoms with Gasteiger partial charge in [0.05, 0.1) is 0 Å². The molecular formula is C58H100O6. The number of esters is 3. The van der Waals surface area contributed by atoms with E-state index in [0.29, 0.717) is 19.3 Å². The largest absolute Gasteiger partial charge is 0.462 e. The van der Waals surface area contributed by atoms with Gasteiger partial charge in [-0.25, -0.2) is 0 Å². The van der Waals surface area contributed by atoms with Gasteiger partial charge in [-0.1, -0.05) is 216 Å². The van der Waals surface area contributed by atoms with Crippen LogP contribution in [0.5, 0.6) is 0 Å². The second kappa shape index (κ2) is 52.5. The van der Waals surface area contributed by atoms with Gasteiger partial charge < -0.3 is 14.2 Å². The molecule has 1 atom stereocenters. The molecule has 0 heterocycles. The molecule has 368 valence electrons. The van der Waals surface area contributed by atoms with Gasteiger partial charge >= 0.3 is 17.9 Å². The number of hydrogen-bond acceptors (Lipinski definition) is 6. The zero-order valence-corrected chi connectivity index (χ0v) is 42.0. The van der Waals surface area contributed by atoms with Gasteiger partial charge in [-0.15, -0.1) is 0 Å². The van der Waals surface area contributed by atoms with Crippen molar-refractivity contribution in [2.45, 2.75) is 264 Å². The Kier molecular flexibility index (Phi) is 49.9. The molecule has 0 fully saturated rings. The molecule has 0 saturated heterocycles. The van der Waals surface area contributed by atoms with Crippen LogP contribution in [0.2, 0.25) is 0 Å². The molecule has 0 aliphatic rings. The van der Waals surface area contributed by atoms with E-state index in [1.165, 1.54) is 116 Å². The maximum Gasteiger partial charge on any atom is 0.306 e. The number of carbonyl (C=O) groups excluding carboxylic acids is 3. The number of allylic oxidation sites excluding steroid dienone is 12. The summed E-state index contributed by atoms with van der Waals surface area (Å²) in [6, 6.07) is 0. The van der Waals surface area contributed by atoms with Crippen molar-refractivity contribution in [3.8, 4) is 0 Å². The SMILES string of the molecule is CC/C=C\C/C=C\C/C=C\CCCCCCCCCCCC(=O)OCC(COC(=O)CCCCC/C=C\C=C/CCCC)OC(=O)CCCCCCC/C=C\CCCCCCCCC. The standard InChI is InChI=1S/C58H100O6/c1-4-7-10-13-16-19-22-24-26-28-29-30-32-33-36-39-42-45-48-51-57(60)63-54-55(53-62-56(59)50-47-44-41-38-35-21-18-15-12-9-6-3)64-58(61)52-49-46-43-40-37-34-31-27-25-23-20-17-14-11-8-5-2/h7,10,15-16,18-19,21,24,26-27,31,35,55H,4-6,8-9,11-14,17,20,22-23,25,28-30,32-34,36-54H2,1-3H3/b10-7-,18-15-,19-16-,26-24-,31-27-,35-21-. The Morgan fingerprint density at radius 1 is 0.344 bits per heavy atom. The van der Waals surface area contributed by atoms with Gasteiger partial charge in [0.1, 0.15) is 13.2 Å². The molecule has 0 spiro atoms. The van der Waals surface area contributed by atoms with E-state index in [9.17, 15) is 14.4 Å². The van der Waals surface area contributed by atoms with Gasteiger partial charge in [0, 0.05) is 19.3 Å². The van der Waals surface area contributed by atoms with Crippen LogP contribution in [0.3, 0.4) is 0 Å². The Morgan fingerprint density at radius 2 is 0.672 bits per heavy atom. The molecule has 0 aromatic rings. The molecule has 0 N–H and O–H groups in total. The van der Waals surface area contributed by atoms with Crippen LogP contribution in [0.1, 0.15) is 258 Å². The van der Waals surface area contributed by atoms with E-state index in [1.807, 2.05) is 0 Å². The lowest BCUT2D eigenvalue weighted by atomic mass is 10.1. The minimum Gasteiger partial charge on any atom is -0.462 e. The fourth-order valence-corrected chi connectivity index (χ4v) is 7.37. The molecule has 6 nitrogen and oxygen atoms in total. The van der Waals surface area contributed by atoms with Crippen molar-refractivity contribution in [2.75, 3.05) is 13.2 Å². The van der Waals surface area contributed by atoms with Crippen molar-refractivity contribution in [3.63, 3.8) is 0 Å². The molecule has 0 aromatic heterocycles. The lowest BCUT2D eigenvalue weighted by molar-refractivity contribution is -0.167. The first-order valence-corrected chi connectivity index (χ1v) is 27.0. The van der Waals surface area contributed by atoms with E-state index in [4.69, 9.17) is 14.2 Å². The first-order valence-electron chi connectivity index (χ1n) is 27.0. The topological polar surface area (TPSA) is 78.9 Å². The van der Waals surface area contributed by atoms with Crippen LogP contribution in [0.25, 0.3) is 0 Å². The number of unbranched alkanes of at least 4 members (excludes halogenated alkanes) is 26. The molecule has 64 heavy (non-hydrogen) atoms. The highest BCUT2D eigenvalue weighted by atomic mass is 16.6. The molecular weight excluding hydrogens is 793 g/mol. The summed E-state index contributed by atoms with van der Waals surface area (Å²) in [5.41, 5.74) is 0. The van der Waals surface area contributed by atoms with Crippen LogP contribution in [-0.2, 0) is 28.6 Å². The number of carbonyl (C=O) groups is 3. The summed E-state index contributed by atoms with van der Waals surface area (Å²) in [7, 11) is 0. The highest BCUT2D eigenvalue weighted by molar-refractivity contribution is 5.71. The molecule has 0 aliphatic heterocycles. The Labute approximate surface area is 395 Å². The second-order valence-electron chi connectivity index (χ2n) is 17.8. The maximum atomic E-state index is 12.8. The molecule has 6 heteroatoms. The molecule has 0 rings (SSSR count). The summed E-state index contributed by atoms with van der Waals surface area (Å²) in [5, 5.41) is 0. The van der Waals surface area contributed by atoms with Crippen molar-refractivity contribution in [2.24, 2.45) is 0 Å². The zero-order chi connectivity index (χ0) is 46.5. The highest BCUT2D eigenvalue weighted by Gasteiger charge is 2.19. The van der Waals surface area contributed by atoms with Crippen LogP contribution >= 0.6 is 0 Å². The number of ether oxygens (including phenoxy) is 3. The van der Waals surface area contributed by atoms with E-state index >= 15 is 0 Å². The summed E-state index contributed by atoms with van der Waals surface area (Å²) < 4.78 is 16.8. The quantitative estimate of drug-likeness (QED) is 0.0199. The summed E-state index contributed by atoms with van der Waals surface area (Å²) in [4.78, 5) is 38.0. The third-order valence-electron chi connectivity index (χ3n) is 11.4. The number of rotatable bonds is 48. The first kappa shape index (κ1) is 60.9. The minimum atomic E-state index is -0.792. The van der Waals surface area contributed by atoms with E-state index in [1.54, 1.807) is 0 Å². The molecule has 0 aliphatic carbocycles. The third-order valence-corrected chi connectivity index (χ3v) is 11.4. The van der Waals surface area contributed by atoms with Crippen LogP contribution in [0.4, 0.5) is 0 Å². The van der Waals surface area contributed by atoms with Crippen molar-refractivity contribution in [1.29, 1.82) is 0 Å². The summed E-state index contributed by atoms with van der Waals surface area (Å²) in [6.07, 6.45) is 66.0. The summed E-state index contributed by atoms with van der Waals surface area (Å²) >= 11 is 0. The van der Waals surface area contributed by atoms with Crippen molar-refractivity contribution in [3.05, 3.63) is 72.9 Å². The lowest BCUT2D eigenvalue weighted by Crippen LogP contribution is -2.30.